The molecule has 116 valence electrons. The molecule has 0 unspecified atom stereocenters. The lowest BCUT2D eigenvalue weighted by atomic mass is 9.75. The van der Waals surface area contributed by atoms with Gasteiger partial charge >= 0.3 is 0 Å². The summed E-state index contributed by atoms with van der Waals surface area (Å²) < 4.78 is 0. The standard InChI is InChI=1S/C16H20N4OS/c1-12-19-20-14(22-12)7-8-18-15(21)16(10-17-11-16)9-13-5-3-2-4-6-13/h2-6,17H,7-11H2,1H3,(H,18,21). The molecular formula is C16H20N4OS. The van der Waals surface area contributed by atoms with Gasteiger partial charge in [-0.1, -0.05) is 30.3 Å². The first-order chi connectivity index (χ1) is 10.7. The number of hydrogen-bond donors (Lipinski definition) is 2. The van der Waals surface area contributed by atoms with Crippen molar-refractivity contribution in [2.45, 2.75) is 19.8 Å². The molecule has 0 spiro atoms. The minimum atomic E-state index is -0.307. The minimum Gasteiger partial charge on any atom is -0.355 e. The molecule has 1 aliphatic rings. The van der Waals surface area contributed by atoms with Gasteiger partial charge in [0.15, 0.2) is 0 Å². The second kappa shape index (κ2) is 6.54. The van der Waals surface area contributed by atoms with Crippen LogP contribution in [0.5, 0.6) is 0 Å². The van der Waals surface area contributed by atoms with Gasteiger partial charge in [0, 0.05) is 26.1 Å². The van der Waals surface area contributed by atoms with Crippen LogP contribution in [0.4, 0.5) is 0 Å². The van der Waals surface area contributed by atoms with Gasteiger partial charge in [0.1, 0.15) is 10.0 Å². The van der Waals surface area contributed by atoms with Crippen LogP contribution in [0.25, 0.3) is 0 Å². The Hall–Kier alpha value is -1.79. The molecule has 6 heteroatoms. The number of hydrogen-bond acceptors (Lipinski definition) is 5. The summed E-state index contributed by atoms with van der Waals surface area (Å²) in [4.78, 5) is 12.6. The zero-order chi connectivity index (χ0) is 15.4. The van der Waals surface area contributed by atoms with E-state index in [1.165, 1.54) is 5.56 Å². The first kappa shape index (κ1) is 15.1. The third kappa shape index (κ3) is 3.34. The van der Waals surface area contributed by atoms with E-state index in [0.717, 1.165) is 35.9 Å². The largest absolute Gasteiger partial charge is 0.355 e. The number of benzene rings is 1. The summed E-state index contributed by atoms with van der Waals surface area (Å²) in [6.45, 7) is 4.04. The third-order valence-electron chi connectivity index (χ3n) is 3.99. The molecule has 3 rings (SSSR count). The molecule has 0 bridgehead atoms. The normalized spacial score (nSPS) is 16.0. The Kier molecular flexibility index (Phi) is 4.49. The number of aryl methyl sites for hydroxylation is 1. The highest BCUT2D eigenvalue weighted by molar-refractivity contribution is 7.11. The Morgan fingerprint density at radius 1 is 1.32 bits per heavy atom. The maximum Gasteiger partial charge on any atom is 0.229 e. The molecule has 0 atom stereocenters. The fourth-order valence-corrected chi connectivity index (χ4v) is 3.40. The van der Waals surface area contributed by atoms with Gasteiger partial charge in [0.05, 0.1) is 5.41 Å². The fourth-order valence-electron chi connectivity index (χ4n) is 2.69. The molecular weight excluding hydrogens is 296 g/mol. The Labute approximate surface area is 134 Å². The molecule has 22 heavy (non-hydrogen) atoms. The Morgan fingerprint density at radius 2 is 2.09 bits per heavy atom. The summed E-state index contributed by atoms with van der Waals surface area (Å²) in [6.07, 6.45) is 1.52. The average molecular weight is 316 g/mol. The minimum absolute atomic E-state index is 0.136. The van der Waals surface area contributed by atoms with E-state index in [0.29, 0.717) is 6.54 Å². The van der Waals surface area contributed by atoms with E-state index in [1.807, 2.05) is 25.1 Å². The number of rotatable bonds is 6. The molecule has 5 nitrogen and oxygen atoms in total. The number of amides is 1. The van der Waals surface area contributed by atoms with Crippen molar-refractivity contribution in [3.63, 3.8) is 0 Å². The molecule has 1 fully saturated rings. The van der Waals surface area contributed by atoms with Crippen LogP contribution in [0.2, 0.25) is 0 Å². The lowest BCUT2D eigenvalue weighted by molar-refractivity contribution is -0.133. The zero-order valence-corrected chi connectivity index (χ0v) is 13.4. The Morgan fingerprint density at radius 3 is 2.68 bits per heavy atom. The summed E-state index contributed by atoms with van der Waals surface area (Å²) in [6, 6.07) is 10.2. The highest BCUT2D eigenvalue weighted by atomic mass is 32.1. The van der Waals surface area contributed by atoms with Gasteiger partial charge in [-0.3, -0.25) is 4.79 Å². The average Bonchev–Trinajstić information content (AvgIpc) is 2.89. The molecule has 2 aromatic rings. The number of nitrogens with one attached hydrogen (secondary N) is 2. The first-order valence-corrected chi connectivity index (χ1v) is 8.32. The second-order valence-electron chi connectivity index (χ2n) is 5.77. The van der Waals surface area contributed by atoms with E-state index in [9.17, 15) is 4.79 Å². The molecule has 1 saturated heterocycles. The molecule has 1 aliphatic heterocycles. The molecule has 0 saturated carbocycles. The van der Waals surface area contributed by atoms with Crippen LogP contribution in [-0.2, 0) is 17.6 Å². The summed E-state index contributed by atoms with van der Waals surface area (Å²) in [5.41, 5.74) is 0.900. The highest BCUT2D eigenvalue weighted by Crippen LogP contribution is 2.28. The molecule has 2 N–H and O–H groups in total. The monoisotopic (exact) mass is 316 g/mol. The Bertz CT molecular complexity index is 637. The number of nitrogens with zero attached hydrogens (tertiary/aromatic N) is 2. The Balaban J connectivity index is 1.55. The van der Waals surface area contributed by atoms with Crippen LogP contribution in [0.3, 0.4) is 0 Å². The van der Waals surface area contributed by atoms with Crippen LogP contribution in [0.15, 0.2) is 30.3 Å². The van der Waals surface area contributed by atoms with Gasteiger partial charge in [0.25, 0.3) is 0 Å². The highest BCUT2D eigenvalue weighted by Gasteiger charge is 2.43. The molecule has 1 aromatic heterocycles. The number of carbonyl (C=O) groups is 1. The van der Waals surface area contributed by atoms with Gasteiger partial charge in [-0.15, -0.1) is 21.5 Å². The molecule has 1 aromatic carbocycles. The van der Waals surface area contributed by atoms with E-state index >= 15 is 0 Å². The first-order valence-electron chi connectivity index (χ1n) is 7.50. The van der Waals surface area contributed by atoms with Crippen molar-refractivity contribution in [3.05, 3.63) is 45.9 Å². The number of aromatic nitrogens is 2. The van der Waals surface area contributed by atoms with Crippen molar-refractivity contribution in [2.24, 2.45) is 5.41 Å². The fraction of sp³-hybridized carbons (Fsp3) is 0.438. The van der Waals surface area contributed by atoms with Gasteiger partial charge in [-0.25, -0.2) is 0 Å². The summed E-state index contributed by atoms with van der Waals surface area (Å²) >= 11 is 1.58. The molecule has 0 radical (unpaired) electrons. The van der Waals surface area contributed by atoms with Gasteiger partial charge < -0.3 is 10.6 Å². The van der Waals surface area contributed by atoms with Crippen molar-refractivity contribution in [1.29, 1.82) is 0 Å². The number of carbonyl (C=O) groups excluding carboxylic acids is 1. The third-order valence-corrected chi connectivity index (χ3v) is 4.88. The van der Waals surface area contributed by atoms with Crippen molar-refractivity contribution >= 4 is 17.2 Å². The van der Waals surface area contributed by atoms with E-state index in [2.05, 4.69) is 33.0 Å². The summed E-state index contributed by atoms with van der Waals surface area (Å²) in [7, 11) is 0. The van der Waals surface area contributed by atoms with Crippen LogP contribution >= 0.6 is 11.3 Å². The summed E-state index contributed by atoms with van der Waals surface area (Å²) in [5.74, 6) is 0.136. The van der Waals surface area contributed by atoms with E-state index in [4.69, 9.17) is 0 Å². The molecule has 1 amide bonds. The van der Waals surface area contributed by atoms with Gasteiger partial charge in [-0.2, -0.15) is 0 Å². The quantitative estimate of drug-likeness (QED) is 0.844. The predicted octanol–water partition coefficient (Wildman–Crippen LogP) is 1.34. The summed E-state index contributed by atoms with van der Waals surface area (Å²) in [5, 5.41) is 16.3. The lowest BCUT2D eigenvalue weighted by Crippen LogP contribution is -2.62. The van der Waals surface area contributed by atoms with Gasteiger partial charge in [-0.05, 0) is 18.9 Å². The maximum absolute atomic E-state index is 12.6. The van der Waals surface area contributed by atoms with Crippen LogP contribution in [-0.4, -0.2) is 35.7 Å². The maximum atomic E-state index is 12.6. The van der Waals surface area contributed by atoms with E-state index in [-0.39, 0.29) is 11.3 Å². The smallest absolute Gasteiger partial charge is 0.229 e. The second-order valence-corrected chi connectivity index (χ2v) is 7.03. The van der Waals surface area contributed by atoms with Crippen LogP contribution in [0, 0.1) is 12.3 Å². The lowest BCUT2D eigenvalue weighted by Gasteiger charge is -2.41. The van der Waals surface area contributed by atoms with Crippen molar-refractivity contribution in [2.75, 3.05) is 19.6 Å². The predicted molar refractivity (Wildman–Crippen MR) is 86.8 cm³/mol. The van der Waals surface area contributed by atoms with Crippen molar-refractivity contribution in [1.82, 2.24) is 20.8 Å². The molecule has 2 heterocycles. The van der Waals surface area contributed by atoms with Crippen molar-refractivity contribution < 1.29 is 4.79 Å². The SMILES string of the molecule is Cc1nnc(CCNC(=O)C2(Cc3ccccc3)CNC2)s1. The topological polar surface area (TPSA) is 66.9 Å². The van der Waals surface area contributed by atoms with E-state index < -0.39 is 0 Å². The van der Waals surface area contributed by atoms with Crippen LogP contribution in [0.1, 0.15) is 15.6 Å². The zero-order valence-electron chi connectivity index (χ0n) is 12.6. The van der Waals surface area contributed by atoms with Crippen molar-refractivity contribution in [3.8, 4) is 0 Å². The van der Waals surface area contributed by atoms with Gasteiger partial charge in [0.2, 0.25) is 5.91 Å². The molecule has 0 aliphatic carbocycles. The van der Waals surface area contributed by atoms with E-state index in [1.54, 1.807) is 11.3 Å². The van der Waals surface area contributed by atoms with Crippen LogP contribution < -0.4 is 10.6 Å².